The van der Waals surface area contributed by atoms with E-state index in [1.165, 1.54) is 12.1 Å². The van der Waals surface area contributed by atoms with Gasteiger partial charge in [-0.15, -0.1) is 0 Å². The Hall–Kier alpha value is -2.64. The van der Waals surface area contributed by atoms with Gasteiger partial charge in [0.05, 0.1) is 4.92 Å². The second-order valence-electron chi connectivity index (χ2n) is 8.65. The maximum Gasteiger partial charge on any atom is 0.407 e. The van der Waals surface area contributed by atoms with Crippen LogP contribution in [0.1, 0.15) is 80.7 Å². The van der Waals surface area contributed by atoms with Gasteiger partial charge in [-0.1, -0.05) is 27.7 Å². The van der Waals surface area contributed by atoms with Gasteiger partial charge in [-0.3, -0.25) is 10.1 Å². The third-order valence-electron chi connectivity index (χ3n) is 4.07. The van der Waals surface area contributed by atoms with Crippen molar-refractivity contribution in [3.05, 3.63) is 33.9 Å². The first kappa shape index (κ1) is 31.5. The molecule has 1 N–H and O–H groups in total. The predicted molar refractivity (Wildman–Crippen MR) is 132 cm³/mol. The molecule has 0 saturated carbocycles. The first-order chi connectivity index (χ1) is 14.8. The molecular formula is C24H43N3O5. The smallest absolute Gasteiger partial charge is 0.407 e. The maximum atomic E-state index is 11.3. The van der Waals surface area contributed by atoms with Gasteiger partial charge in [-0.05, 0) is 59.1 Å². The highest BCUT2D eigenvalue weighted by Crippen LogP contribution is 2.33. The van der Waals surface area contributed by atoms with Crippen molar-refractivity contribution >= 4 is 23.8 Å². The summed E-state index contributed by atoms with van der Waals surface area (Å²) in [6, 6.07) is 4.69. The lowest BCUT2D eigenvalue weighted by atomic mass is 9.84. The third-order valence-corrected chi connectivity index (χ3v) is 4.07. The fourth-order valence-corrected chi connectivity index (χ4v) is 2.55. The molecule has 0 aliphatic heterocycles. The third kappa shape index (κ3) is 12.3. The zero-order valence-electron chi connectivity index (χ0n) is 21.6. The molecule has 1 amide bonds. The van der Waals surface area contributed by atoms with Crippen molar-refractivity contribution in [2.45, 2.75) is 86.2 Å². The molecule has 184 valence electrons. The van der Waals surface area contributed by atoms with Crippen LogP contribution in [-0.4, -0.2) is 43.0 Å². The standard InChI is InChI=1S/C14H20N2O3.C8H17NO2.C2H6/c1-5-8-15(4)13-7-6-11(16(18)19)9-12(13)14(2,3)10-17;1-5-6-9-7(10)11-8(2,3)4;1-2/h6-7,9-10H,5,8H2,1-4H3;5-6H2,1-4H3,(H,9,10);1-2H3. The van der Waals surface area contributed by atoms with Gasteiger partial charge in [0.15, 0.2) is 0 Å². The molecule has 0 unspecified atom stereocenters. The van der Waals surface area contributed by atoms with Gasteiger partial charge in [0.2, 0.25) is 0 Å². The summed E-state index contributed by atoms with van der Waals surface area (Å²) in [5.74, 6) is 0. The average Bonchev–Trinajstić information content (AvgIpc) is 2.72. The molecule has 0 heterocycles. The number of amides is 1. The fraction of sp³-hybridized carbons (Fsp3) is 0.667. The Morgan fingerprint density at radius 2 is 1.72 bits per heavy atom. The highest BCUT2D eigenvalue weighted by molar-refractivity contribution is 5.74. The number of rotatable bonds is 8. The molecule has 1 aromatic rings. The Morgan fingerprint density at radius 1 is 1.16 bits per heavy atom. The van der Waals surface area contributed by atoms with Gasteiger partial charge >= 0.3 is 6.09 Å². The normalized spacial score (nSPS) is 10.6. The molecular weight excluding hydrogens is 410 g/mol. The van der Waals surface area contributed by atoms with E-state index in [-0.39, 0.29) is 11.8 Å². The average molecular weight is 454 g/mol. The van der Waals surface area contributed by atoms with E-state index in [2.05, 4.69) is 12.2 Å². The number of nitro benzene ring substituents is 1. The number of alkyl carbamates (subject to hydrolysis) is 1. The summed E-state index contributed by atoms with van der Waals surface area (Å²) in [7, 11) is 1.93. The summed E-state index contributed by atoms with van der Waals surface area (Å²) in [4.78, 5) is 34.6. The van der Waals surface area contributed by atoms with Crippen LogP contribution in [0.5, 0.6) is 0 Å². The molecule has 1 aromatic carbocycles. The molecule has 0 spiro atoms. The quantitative estimate of drug-likeness (QED) is 0.300. The van der Waals surface area contributed by atoms with E-state index in [1.54, 1.807) is 19.9 Å². The lowest BCUT2D eigenvalue weighted by Gasteiger charge is -2.27. The second kappa shape index (κ2) is 15.2. The van der Waals surface area contributed by atoms with Gasteiger partial charge in [-0.25, -0.2) is 4.79 Å². The molecule has 0 saturated heterocycles. The molecule has 32 heavy (non-hydrogen) atoms. The Morgan fingerprint density at radius 3 is 2.12 bits per heavy atom. The predicted octanol–water partition coefficient (Wildman–Crippen LogP) is 5.86. The van der Waals surface area contributed by atoms with Gasteiger partial charge in [0.25, 0.3) is 5.69 Å². The van der Waals surface area contributed by atoms with E-state index in [9.17, 15) is 19.7 Å². The monoisotopic (exact) mass is 453 g/mol. The van der Waals surface area contributed by atoms with Crippen LogP contribution in [0.15, 0.2) is 18.2 Å². The van der Waals surface area contributed by atoms with E-state index < -0.39 is 15.9 Å². The number of hydrogen-bond acceptors (Lipinski definition) is 6. The van der Waals surface area contributed by atoms with Crippen LogP contribution in [0, 0.1) is 10.1 Å². The van der Waals surface area contributed by atoms with Crippen molar-refractivity contribution < 1.29 is 19.2 Å². The minimum absolute atomic E-state index is 0.0126. The van der Waals surface area contributed by atoms with E-state index in [0.29, 0.717) is 12.1 Å². The summed E-state index contributed by atoms with van der Waals surface area (Å²) in [5.41, 5.74) is 0.428. The van der Waals surface area contributed by atoms with Crippen molar-refractivity contribution in [3.8, 4) is 0 Å². The van der Waals surface area contributed by atoms with Crippen molar-refractivity contribution in [1.82, 2.24) is 5.32 Å². The van der Waals surface area contributed by atoms with Crippen LogP contribution < -0.4 is 10.2 Å². The molecule has 0 aliphatic rings. The number of non-ortho nitro benzene ring substituents is 1. The van der Waals surface area contributed by atoms with Crippen LogP contribution in [-0.2, 0) is 14.9 Å². The number of aldehydes is 1. The van der Waals surface area contributed by atoms with Crippen LogP contribution >= 0.6 is 0 Å². The zero-order valence-corrected chi connectivity index (χ0v) is 21.6. The van der Waals surface area contributed by atoms with Crippen LogP contribution in [0.2, 0.25) is 0 Å². The molecule has 0 aliphatic carbocycles. The largest absolute Gasteiger partial charge is 0.444 e. The number of carbonyl (C=O) groups excluding carboxylic acids is 2. The Kier molecular flexibility index (Phi) is 15.0. The van der Waals surface area contributed by atoms with E-state index in [4.69, 9.17) is 4.74 Å². The molecule has 8 heteroatoms. The second-order valence-corrected chi connectivity index (χ2v) is 8.65. The number of anilines is 1. The number of nitrogens with one attached hydrogen (secondary N) is 1. The molecule has 1 rings (SSSR count). The number of nitrogens with zero attached hydrogens (tertiary/aromatic N) is 2. The summed E-state index contributed by atoms with van der Waals surface area (Å²) in [6.45, 7) is 18.6. The number of carbonyl (C=O) groups is 2. The molecule has 0 aromatic heterocycles. The SMILES string of the molecule is CC.CCCN(C)c1ccc([N+](=O)[O-])cc1C(C)(C)C=O.CCCNC(=O)OC(C)(C)C. The van der Waals surface area contributed by atoms with Crippen LogP contribution in [0.3, 0.4) is 0 Å². The first-order valence-electron chi connectivity index (χ1n) is 11.2. The van der Waals surface area contributed by atoms with E-state index >= 15 is 0 Å². The maximum absolute atomic E-state index is 11.3. The molecule has 0 atom stereocenters. The molecule has 0 fully saturated rings. The van der Waals surface area contributed by atoms with Crippen molar-refractivity contribution in [2.75, 3.05) is 25.0 Å². The van der Waals surface area contributed by atoms with E-state index in [1.807, 2.05) is 53.5 Å². The molecule has 0 radical (unpaired) electrons. The van der Waals surface area contributed by atoms with Crippen molar-refractivity contribution in [2.24, 2.45) is 0 Å². The minimum Gasteiger partial charge on any atom is -0.444 e. The van der Waals surface area contributed by atoms with Crippen molar-refractivity contribution in [3.63, 3.8) is 0 Å². The van der Waals surface area contributed by atoms with E-state index in [0.717, 1.165) is 31.4 Å². The summed E-state index contributed by atoms with van der Waals surface area (Å²) in [5, 5.41) is 13.5. The Labute approximate surface area is 193 Å². The molecule has 8 nitrogen and oxygen atoms in total. The van der Waals surface area contributed by atoms with Crippen LogP contribution in [0.25, 0.3) is 0 Å². The van der Waals surface area contributed by atoms with Crippen LogP contribution in [0.4, 0.5) is 16.2 Å². The number of benzene rings is 1. The minimum atomic E-state index is -0.747. The van der Waals surface area contributed by atoms with Gasteiger partial charge < -0.3 is 19.7 Å². The summed E-state index contributed by atoms with van der Waals surface area (Å²) in [6.07, 6.45) is 2.39. The zero-order chi connectivity index (χ0) is 25.5. The number of nitro groups is 1. The Balaban J connectivity index is 0. The van der Waals surface area contributed by atoms with Gasteiger partial charge in [0, 0.05) is 43.4 Å². The topological polar surface area (TPSA) is 102 Å². The summed E-state index contributed by atoms with van der Waals surface area (Å²) < 4.78 is 4.99. The lowest BCUT2D eigenvalue weighted by Crippen LogP contribution is -2.32. The highest BCUT2D eigenvalue weighted by Gasteiger charge is 2.26. The first-order valence-corrected chi connectivity index (χ1v) is 11.2. The summed E-state index contributed by atoms with van der Waals surface area (Å²) >= 11 is 0. The lowest BCUT2D eigenvalue weighted by molar-refractivity contribution is -0.384. The van der Waals surface area contributed by atoms with Gasteiger partial charge in [-0.2, -0.15) is 0 Å². The highest BCUT2D eigenvalue weighted by atomic mass is 16.6. The number of ether oxygens (including phenoxy) is 1. The van der Waals surface area contributed by atoms with Crippen molar-refractivity contribution in [1.29, 1.82) is 0 Å². The van der Waals surface area contributed by atoms with Gasteiger partial charge in [0.1, 0.15) is 11.9 Å². The molecule has 0 bridgehead atoms. The Bertz CT molecular complexity index is 712. The number of hydrogen-bond donors (Lipinski definition) is 1. The fourth-order valence-electron chi connectivity index (χ4n) is 2.55.